The second kappa shape index (κ2) is 6.62. The van der Waals surface area contributed by atoms with Crippen LogP contribution in [-0.2, 0) is 11.3 Å². The van der Waals surface area contributed by atoms with E-state index < -0.39 is 0 Å². The number of anilines is 2. The molecule has 4 heteroatoms. The van der Waals surface area contributed by atoms with Crippen LogP contribution in [0.1, 0.15) is 28.8 Å². The first-order chi connectivity index (χ1) is 10.7. The molecular formula is C18H20N2O2. The van der Waals surface area contributed by atoms with E-state index in [1.165, 1.54) is 12.8 Å². The zero-order chi connectivity index (χ0) is 15.4. The minimum Gasteiger partial charge on any atom is -0.399 e. The van der Waals surface area contributed by atoms with Gasteiger partial charge in [-0.1, -0.05) is 18.2 Å². The fourth-order valence-electron chi connectivity index (χ4n) is 2.25. The Kier molecular flexibility index (Phi) is 4.39. The third-order valence-corrected chi connectivity index (χ3v) is 3.65. The number of carbonyl (C=O) groups is 1. The summed E-state index contributed by atoms with van der Waals surface area (Å²) in [6.45, 7) is 1.42. The van der Waals surface area contributed by atoms with Gasteiger partial charge in [-0.25, -0.2) is 0 Å². The van der Waals surface area contributed by atoms with Crippen LogP contribution in [0.5, 0.6) is 0 Å². The summed E-state index contributed by atoms with van der Waals surface area (Å²) in [5, 5.41) is 2.89. The minimum atomic E-state index is -0.164. The van der Waals surface area contributed by atoms with Crippen molar-refractivity contribution in [3.8, 4) is 0 Å². The Bertz CT molecular complexity index is 666. The van der Waals surface area contributed by atoms with Crippen LogP contribution in [0.3, 0.4) is 0 Å². The smallest absolute Gasteiger partial charge is 0.255 e. The predicted octanol–water partition coefficient (Wildman–Crippen LogP) is 3.45. The van der Waals surface area contributed by atoms with Gasteiger partial charge in [0, 0.05) is 23.5 Å². The van der Waals surface area contributed by atoms with E-state index in [0.29, 0.717) is 17.9 Å². The average Bonchev–Trinajstić information content (AvgIpc) is 3.32. The molecule has 1 fully saturated rings. The lowest BCUT2D eigenvalue weighted by Crippen LogP contribution is -2.12. The third kappa shape index (κ3) is 4.09. The molecule has 1 aliphatic rings. The lowest BCUT2D eigenvalue weighted by molar-refractivity contribution is 0.102. The van der Waals surface area contributed by atoms with E-state index in [0.717, 1.165) is 23.8 Å². The first-order valence-corrected chi connectivity index (χ1v) is 7.54. The zero-order valence-electron chi connectivity index (χ0n) is 12.4. The molecule has 3 rings (SSSR count). The number of benzene rings is 2. The van der Waals surface area contributed by atoms with Crippen molar-refractivity contribution in [1.82, 2.24) is 0 Å². The van der Waals surface area contributed by atoms with E-state index in [1.54, 1.807) is 24.3 Å². The van der Waals surface area contributed by atoms with Crippen molar-refractivity contribution in [2.24, 2.45) is 5.92 Å². The summed E-state index contributed by atoms with van der Waals surface area (Å²) in [5.41, 5.74) is 8.66. The van der Waals surface area contributed by atoms with Gasteiger partial charge in [-0.3, -0.25) is 4.79 Å². The molecule has 1 aliphatic carbocycles. The number of hydrogen-bond donors (Lipinski definition) is 2. The Morgan fingerprint density at radius 1 is 1.18 bits per heavy atom. The molecule has 2 aromatic rings. The number of hydrogen-bond acceptors (Lipinski definition) is 3. The molecule has 2 aromatic carbocycles. The number of amides is 1. The summed E-state index contributed by atoms with van der Waals surface area (Å²) in [7, 11) is 0. The highest BCUT2D eigenvalue weighted by Crippen LogP contribution is 2.29. The SMILES string of the molecule is Nc1cccc(C(=O)Nc2cccc(COCC3CC3)c2)c1. The van der Waals surface area contributed by atoms with Crippen LogP contribution in [0.25, 0.3) is 0 Å². The van der Waals surface area contributed by atoms with Gasteiger partial charge in [-0.2, -0.15) is 0 Å². The lowest BCUT2D eigenvalue weighted by atomic mass is 10.1. The highest BCUT2D eigenvalue weighted by atomic mass is 16.5. The maximum absolute atomic E-state index is 12.2. The number of nitrogen functional groups attached to an aromatic ring is 1. The molecule has 0 saturated heterocycles. The standard InChI is InChI=1S/C18H20N2O2/c19-16-5-2-4-15(10-16)18(21)20-17-6-1-3-14(9-17)12-22-11-13-7-8-13/h1-6,9-10,13H,7-8,11-12,19H2,(H,20,21). The van der Waals surface area contributed by atoms with E-state index in [4.69, 9.17) is 10.5 Å². The van der Waals surface area contributed by atoms with Crippen molar-refractivity contribution >= 4 is 17.3 Å². The Balaban J connectivity index is 1.60. The van der Waals surface area contributed by atoms with Crippen molar-refractivity contribution in [1.29, 1.82) is 0 Å². The molecule has 0 atom stereocenters. The molecule has 114 valence electrons. The lowest BCUT2D eigenvalue weighted by Gasteiger charge is -2.08. The van der Waals surface area contributed by atoms with Gasteiger partial charge in [0.1, 0.15) is 0 Å². The second-order valence-corrected chi connectivity index (χ2v) is 5.74. The Hall–Kier alpha value is -2.33. The molecule has 3 N–H and O–H groups in total. The van der Waals surface area contributed by atoms with Crippen molar-refractivity contribution in [2.75, 3.05) is 17.7 Å². The van der Waals surface area contributed by atoms with E-state index >= 15 is 0 Å². The Labute approximate surface area is 130 Å². The number of nitrogens with two attached hydrogens (primary N) is 1. The Morgan fingerprint density at radius 2 is 2.00 bits per heavy atom. The normalized spacial score (nSPS) is 13.8. The average molecular weight is 296 g/mol. The molecule has 0 unspecified atom stereocenters. The van der Waals surface area contributed by atoms with Crippen molar-refractivity contribution in [3.63, 3.8) is 0 Å². The van der Waals surface area contributed by atoms with Gasteiger partial charge in [0.25, 0.3) is 5.91 Å². The first-order valence-electron chi connectivity index (χ1n) is 7.54. The minimum absolute atomic E-state index is 0.164. The molecule has 0 spiro atoms. The maximum Gasteiger partial charge on any atom is 0.255 e. The van der Waals surface area contributed by atoms with Gasteiger partial charge >= 0.3 is 0 Å². The van der Waals surface area contributed by atoms with Crippen LogP contribution in [0.4, 0.5) is 11.4 Å². The fraction of sp³-hybridized carbons (Fsp3) is 0.278. The maximum atomic E-state index is 12.2. The van der Waals surface area contributed by atoms with Crippen molar-refractivity contribution < 1.29 is 9.53 Å². The topological polar surface area (TPSA) is 64.4 Å². The largest absolute Gasteiger partial charge is 0.399 e. The molecular weight excluding hydrogens is 276 g/mol. The predicted molar refractivity (Wildman–Crippen MR) is 87.6 cm³/mol. The van der Waals surface area contributed by atoms with Crippen LogP contribution < -0.4 is 11.1 Å². The van der Waals surface area contributed by atoms with E-state index in [-0.39, 0.29) is 5.91 Å². The molecule has 22 heavy (non-hydrogen) atoms. The zero-order valence-corrected chi connectivity index (χ0v) is 12.4. The fourth-order valence-corrected chi connectivity index (χ4v) is 2.25. The van der Waals surface area contributed by atoms with Crippen LogP contribution in [0, 0.1) is 5.92 Å². The van der Waals surface area contributed by atoms with Crippen LogP contribution >= 0.6 is 0 Å². The summed E-state index contributed by atoms with van der Waals surface area (Å²) in [5.74, 6) is 0.592. The quantitative estimate of drug-likeness (QED) is 0.802. The summed E-state index contributed by atoms with van der Waals surface area (Å²) in [4.78, 5) is 12.2. The molecule has 0 aromatic heterocycles. The summed E-state index contributed by atoms with van der Waals surface area (Å²) in [6.07, 6.45) is 2.58. The molecule has 1 saturated carbocycles. The molecule has 0 radical (unpaired) electrons. The van der Waals surface area contributed by atoms with Gasteiger partial charge in [-0.15, -0.1) is 0 Å². The summed E-state index contributed by atoms with van der Waals surface area (Å²) >= 11 is 0. The van der Waals surface area contributed by atoms with Crippen LogP contribution in [0.2, 0.25) is 0 Å². The molecule has 1 amide bonds. The summed E-state index contributed by atoms with van der Waals surface area (Å²) < 4.78 is 5.67. The number of rotatable bonds is 6. The van der Waals surface area contributed by atoms with Gasteiger partial charge in [0.2, 0.25) is 0 Å². The second-order valence-electron chi connectivity index (χ2n) is 5.74. The molecule has 0 bridgehead atoms. The van der Waals surface area contributed by atoms with E-state index in [9.17, 15) is 4.79 Å². The highest BCUT2D eigenvalue weighted by molar-refractivity contribution is 6.04. The van der Waals surface area contributed by atoms with Gasteiger partial charge in [-0.05, 0) is 54.7 Å². The third-order valence-electron chi connectivity index (χ3n) is 3.65. The monoisotopic (exact) mass is 296 g/mol. The van der Waals surface area contributed by atoms with Crippen molar-refractivity contribution in [2.45, 2.75) is 19.4 Å². The molecule has 4 nitrogen and oxygen atoms in total. The summed E-state index contributed by atoms with van der Waals surface area (Å²) in [6, 6.07) is 14.7. The van der Waals surface area contributed by atoms with Crippen LogP contribution in [0.15, 0.2) is 48.5 Å². The van der Waals surface area contributed by atoms with Gasteiger partial charge in [0.05, 0.1) is 6.61 Å². The number of carbonyl (C=O) groups excluding carboxylic acids is 1. The Morgan fingerprint density at radius 3 is 2.77 bits per heavy atom. The van der Waals surface area contributed by atoms with Gasteiger partial charge in [0.15, 0.2) is 0 Å². The number of ether oxygens (including phenoxy) is 1. The number of nitrogens with one attached hydrogen (secondary N) is 1. The highest BCUT2D eigenvalue weighted by Gasteiger charge is 2.21. The van der Waals surface area contributed by atoms with E-state index in [1.807, 2.05) is 24.3 Å². The van der Waals surface area contributed by atoms with Crippen LogP contribution in [-0.4, -0.2) is 12.5 Å². The van der Waals surface area contributed by atoms with E-state index in [2.05, 4.69) is 5.32 Å². The van der Waals surface area contributed by atoms with Gasteiger partial charge < -0.3 is 15.8 Å². The first kappa shape index (κ1) is 14.6. The van der Waals surface area contributed by atoms with Crippen molar-refractivity contribution in [3.05, 3.63) is 59.7 Å². The molecule has 0 heterocycles. The molecule has 0 aliphatic heterocycles.